The largest absolute Gasteiger partial charge is 0.507 e. The first-order chi connectivity index (χ1) is 27.7. The van der Waals surface area contributed by atoms with Gasteiger partial charge in [0.1, 0.15) is 16.9 Å². The van der Waals surface area contributed by atoms with E-state index in [4.69, 9.17) is 34.3 Å². The summed E-state index contributed by atoms with van der Waals surface area (Å²) in [5.41, 5.74) is 7.90. The predicted molar refractivity (Wildman–Crippen MR) is 220 cm³/mol. The van der Waals surface area contributed by atoms with Gasteiger partial charge in [0.25, 0.3) is 0 Å². The van der Waals surface area contributed by atoms with Crippen LogP contribution in [0.1, 0.15) is 0 Å². The van der Waals surface area contributed by atoms with E-state index in [0.717, 1.165) is 49.7 Å². The van der Waals surface area contributed by atoms with Gasteiger partial charge < -0.3 is 9.52 Å². The predicted octanol–water partition coefficient (Wildman–Crippen LogP) is 11.3. The maximum absolute atomic E-state index is 10.8. The first-order valence-electron chi connectivity index (χ1n) is 18.2. The lowest BCUT2D eigenvalue weighted by Gasteiger charge is -2.12. The summed E-state index contributed by atoms with van der Waals surface area (Å²) >= 11 is 0. The van der Waals surface area contributed by atoms with E-state index < -0.39 is 0 Å². The Morgan fingerprint density at radius 2 is 0.768 bits per heavy atom. The van der Waals surface area contributed by atoms with Crippen LogP contribution in [0.5, 0.6) is 5.75 Å². The van der Waals surface area contributed by atoms with Crippen molar-refractivity contribution in [3.63, 3.8) is 0 Å². The molecule has 3 aromatic heterocycles. The van der Waals surface area contributed by atoms with Gasteiger partial charge in [0.05, 0.1) is 0 Å². The standard InChI is InChI=1S/C48H30N6O2/c55-39-25-13-12-22-35(39)34-21-10-11-23-36(34)47-51-45(32-19-8-3-9-20-32)50-46(54-47)33-27-28-37-41(29-33)56-40-26-14-24-38(42(37)40)48-52-43(30-15-4-1-5-16-30)49-44(53-48)31-17-6-2-7-18-31/h1-29,55H. The molecule has 0 unspecified atom stereocenters. The number of nitrogens with zero attached hydrogens (tertiary/aromatic N) is 6. The van der Waals surface area contributed by atoms with Gasteiger partial charge in [0, 0.05) is 49.7 Å². The molecular formula is C48H30N6O2. The van der Waals surface area contributed by atoms with Gasteiger partial charge in [-0.25, -0.2) is 29.9 Å². The van der Waals surface area contributed by atoms with Gasteiger partial charge in [-0.2, -0.15) is 0 Å². The molecule has 10 rings (SSSR count). The minimum absolute atomic E-state index is 0.178. The number of para-hydroxylation sites is 1. The topological polar surface area (TPSA) is 111 Å². The molecule has 0 saturated carbocycles. The third-order valence-electron chi connectivity index (χ3n) is 9.73. The molecule has 0 aliphatic carbocycles. The average Bonchev–Trinajstić information content (AvgIpc) is 3.65. The van der Waals surface area contributed by atoms with Crippen molar-refractivity contribution < 1.29 is 9.52 Å². The highest BCUT2D eigenvalue weighted by Crippen LogP contribution is 2.39. The number of aromatic hydroxyl groups is 1. The Bertz CT molecular complexity index is 2980. The molecule has 0 radical (unpaired) electrons. The summed E-state index contributed by atoms with van der Waals surface area (Å²) in [7, 11) is 0. The third kappa shape index (κ3) is 6.01. The maximum Gasteiger partial charge on any atom is 0.164 e. The first-order valence-corrected chi connectivity index (χ1v) is 18.2. The lowest BCUT2D eigenvalue weighted by atomic mass is 9.98. The lowest BCUT2D eigenvalue weighted by molar-refractivity contribution is 0.477. The SMILES string of the molecule is Oc1ccccc1-c1ccccc1-c1nc(-c2ccccc2)nc(-c2ccc3c(c2)oc2cccc(-c4nc(-c5ccccc5)nc(-c5ccccc5)n4)c23)n1. The summed E-state index contributed by atoms with van der Waals surface area (Å²) in [6.07, 6.45) is 0. The lowest BCUT2D eigenvalue weighted by Crippen LogP contribution is -2.01. The Balaban J connectivity index is 1.13. The van der Waals surface area contributed by atoms with E-state index in [2.05, 4.69) is 0 Å². The fraction of sp³-hybridized carbons (Fsp3) is 0. The minimum atomic E-state index is 0.178. The second-order valence-electron chi connectivity index (χ2n) is 13.3. The molecule has 0 saturated heterocycles. The van der Waals surface area contributed by atoms with Crippen molar-refractivity contribution in [3.8, 4) is 85.2 Å². The number of rotatable bonds is 7. The highest BCUT2D eigenvalue weighted by atomic mass is 16.3. The van der Waals surface area contributed by atoms with Gasteiger partial charge >= 0.3 is 0 Å². The fourth-order valence-electron chi connectivity index (χ4n) is 7.04. The van der Waals surface area contributed by atoms with Crippen LogP contribution in [0.3, 0.4) is 0 Å². The Labute approximate surface area is 321 Å². The van der Waals surface area contributed by atoms with Crippen LogP contribution in [0.4, 0.5) is 0 Å². The summed E-state index contributed by atoms with van der Waals surface area (Å²) in [4.78, 5) is 29.9. The Morgan fingerprint density at radius 3 is 1.34 bits per heavy atom. The maximum atomic E-state index is 10.8. The number of furan rings is 1. The van der Waals surface area contributed by atoms with E-state index in [1.165, 1.54) is 0 Å². The molecule has 0 aliphatic heterocycles. The molecule has 1 N–H and O–H groups in total. The Morgan fingerprint density at radius 1 is 0.321 bits per heavy atom. The van der Waals surface area contributed by atoms with Crippen molar-refractivity contribution in [1.29, 1.82) is 0 Å². The van der Waals surface area contributed by atoms with Crippen LogP contribution in [0.25, 0.3) is 101 Å². The minimum Gasteiger partial charge on any atom is -0.507 e. The first kappa shape index (κ1) is 32.8. The van der Waals surface area contributed by atoms with Crippen molar-refractivity contribution in [2.75, 3.05) is 0 Å². The van der Waals surface area contributed by atoms with Gasteiger partial charge in [0.15, 0.2) is 34.9 Å². The van der Waals surface area contributed by atoms with Crippen LogP contribution in [0, 0.1) is 0 Å². The van der Waals surface area contributed by atoms with Crippen molar-refractivity contribution in [2.45, 2.75) is 0 Å². The zero-order valence-electron chi connectivity index (χ0n) is 29.8. The molecule has 0 atom stereocenters. The van der Waals surface area contributed by atoms with E-state index in [1.807, 2.05) is 164 Å². The van der Waals surface area contributed by atoms with Crippen molar-refractivity contribution in [3.05, 3.63) is 176 Å². The van der Waals surface area contributed by atoms with E-state index in [9.17, 15) is 5.11 Å². The highest BCUT2D eigenvalue weighted by molar-refractivity contribution is 6.12. The summed E-state index contributed by atoms with van der Waals surface area (Å²) in [5, 5.41) is 12.6. The monoisotopic (exact) mass is 722 g/mol. The Kier molecular flexibility index (Phi) is 8.11. The van der Waals surface area contributed by atoms with Gasteiger partial charge in [-0.3, -0.25) is 0 Å². The molecule has 8 nitrogen and oxygen atoms in total. The fourth-order valence-corrected chi connectivity index (χ4v) is 7.04. The van der Waals surface area contributed by atoms with E-state index in [-0.39, 0.29) is 5.75 Å². The summed E-state index contributed by atoms with van der Waals surface area (Å²) in [6.45, 7) is 0. The van der Waals surface area contributed by atoms with Gasteiger partial charge in [0.2, 0.25) is 0 Å². The van der Waals surface area contributed by atoms with E-state index in [1.54, 1.807) is 12.1 Å². The summed E-state index contributed by atoms with van der Waals surface area (Å²) in [5.74, 6) is 3.41. The average molecular weight is 723 g/mol. The number of benzene rings is 7. The van der Waals surface area contributed by atoms with E-state index >= 15 is 0 Å². The summed E-state index contributed by atoms with van der Waals surface area (Å²) < 4.78 is 6.56. The zero-order valence-corrected chi connectivity index (χ0v) is 29.8. The molecular weight excluding hydrogens is 693 g/mol. The van der Waals surface area contributed by atoms with Crippen molar-refractivity contribution in [1.82, 2.24) is 29.9 Å². The number of hydrogen-bond acceptors (Lipinski definition) is 8. The molecule has 10 aromatic rings. The third-order valence-corrected chi connectivity index (χ3v) is 9.73. The van der Waals surface area contributed by atoms with Crippen LogP contribution in [0.15, 0.2) is 180 Å². The molecule has 0 fully saturated rings. The summed E-state index contributed by atoms with van der Waals surface area (Å²) in [6, 6.07) is 56.8. The van der Waals surface area contributed by atoms with Gasteiger partial charge in [-0.05, 0) is 29.8 Å². The second-order valence-corrected chi connectivity index (χ2v) is 13.3. The molecule has 264 valence electrons. The number of aromatic nitrogens is 6. The Hall–Kier alpha value is -7.84. The normalized spacial score (nSPS) is 11.3. The number of phenolic OH excluding ortho intramolecular Hbond substituents is 1. The quantitative estimate of drug-likeness (QED) is 0.173. The molecule has 7 aromatic carbocycles. The van der Waals surface area contributed by atoms with Crippen molar-refractivity contribution >= 4 is 21.9 Å². The molecule has 0 spiro atoms. The molecule has 8 heteroatoms. The van der Waals surface area contributed by atoms with Crippen LogP contribution in [0.2, 0.25) is 0 Å². The molecule has 0 bridgehead atoms. The smallest absolute Gasteiger partial charge is 0.164 e. The van der Waals surface area contributed by atoms with Gasteiger partial charge in [-0.15, -0.1) is 0 Å². The molecule has 56 heavy (non-hydrogen) atoms. The highest BCUT2D eigenvalue weighted by Gasteiger charge is 2.20. The second kappa shape index (κ2) is 13.9. The van der Waals surface area contributed by atoms with Gasteiger partial charge in [-0.1, -0.05) is 152 Å². The van der Waals surface area contributed by atoms with E-state index in [0.29, 0.717) is 51.7 Å². The van der Waals surface area contributed by atoms with Crippen LogP contribution >= 0.6 is 0 Å². The number of fused-ring (bicyclic) bond motifs is 3. The molecule has 0 aliphatic rings. The number of hydrogen-bond donors (Lipinski definition) is 1. The van der Waals surface area contributed by atoms with Crippen LogP contribution < -0.4 is 0 Å². The zero-order chi connectivity index (χ0) is 37.4. The molecule has 3 heterocycles. The van der Waals surface area contributed by atoms with Crippen LogP contribution in [-0.4, -0.2) is 35.0 Å². The van der Waals surface area contributed by atoms with Crippen LogP contribution in [-0.2, 0) is 0 Å². The van der Waals surface area contributed by atoms with Crippen molar-refractivity contribution in [2.24, 2.45) is 0 Å². The molecule has 0 amide bonds. The number of phenols is 1.